The van der Waals surface area contributed by atoms with Crippen molar-refractivity contribution in [1.82, 2.24) is 0 Å². The molecule has 0 aromatic heterocycles. The molecule has 7 heavy (non-hydrogen) atoms. The van der Waals surface area contributed by atoms with Gasteiger partial charge in [0.25, 0.3) is 0 Å². The van der Waals surface area contributed by atoms with E-state index in [1.165, 1.54) is 0 Å². The van der Waals surface area contributed by atoms with E-state index in [0.717, 1.165) is 0 Å². The van der Waals surface area contributed by atoms with Crippen molar-refractivity contribution in [2.45, 2.75) is 0 Å². The standard InChI is InChI=1S/6ClH.Pd/h6*1H;/p-6. The summed E-state index contributed by atoms with van der Waals surface area (Å²) in [6.07, 6.45) is 0. The van der Waals surface area contributed by atoms with Crippen LogP contribution in [-0.2, 0) is 20.4 Å². The molecule has 0 aliphatic heterocycles. The summed E-state index contributed by atoms with van der Waals surface area (Å²) >= 11 is 0. The first-order chi connectivity index (χ1) is 0. The van der Waals surface area contributed by atoms with Crippen molar-refractivity contribution in [3.05, 3.63) is 0 Å². The van der Waals surface area contributed by atoms with Crippen LogP contribution in [0, 0.1) is 0 Å². The summed E-state index contributed by atoms with van der Waals surface area (Å²) in [6.45, 7) is 0. The zero-order valence-electron chi connectivity index (χ0n) is 2.58. The predicted octanol–water partition coefficient (Wildman–Crippen LogP) is -18.0. The molecule has 0 fully saturated rings. The van der Waals surface area contributed by atoms with Gasteiger partial charge >= 0.3 is 0 Å². The molecule has 7 heteroatoms. The second-order valence-electron chi connectivity index (χ2n) is 0. The van der Waals surface area contributed by atoms with Gasteiger partial charge < -0.3 is 74.4 Å². The third-order valence-electron chi connectivity index (χ3n) is 0. The van der Waals surface area contributed by atoms with Gasteiger partial charge in [-0.05, 0) is 0 Å². The molecule has 0 N–H and O–H groups in total. The maximum absolute atomic E-state index is 0. The Labute approximate surface area is 94.1 Å². The summed E-state index contributed by atoms with van der Waals surface area (Å²) in [5, 5.41) is 0. The molecule has 0 bridgehead atoms. The molecule has 0 spiro atoms. The van der Waals surface area contributed by atoms with Crippen LogP contribution in [0.25, 0.3) is 0 Å². The van der Waals surface area contributed by atoms with Crippen LogP contribution < -0.4 is 74.4 Å². The van der Waals surface area contributed by atoms with Gasteiger partial charge in [0.15, 0.2) is 0 Å². The molecular weight excluding hydrogens is 319 g/mol. The smallest absolute Gasteiger partial charge is 0 e. The van der Waals surface area contributed by atoms with Gasteiger partial charge in [-0.1, -0.05) is 0 Å². The first kappa shape index (κ1) is 115. The molecule has 0 rings (SSSR count). The molecule has 0 amide bonds. The molecule has 58 valence electrons. The molecule has 0 saturated carbocycles. The van der Waals surface area contributed by atoms with Gasteiger partial charge in [-0.3, -0.25) is 0 Å². The summed E-state index contributed by atoms with van der Waals surface area (Å²) in [7, 11) is 0. The number of rotatable bonds is 0. The van der Waals surface area contributed by atoms with E-state index in [4.69, 9.17) is 0 Å². The fourth-order valence-corrected chi connectivity index (χ4v) is 0. The van der Waals surface area contributed by atoms with E-state index in [-0.39, 0.29) is 94.9 Å². The third kappa shape index (κ3) is 59.7. The Balaban J connectivity index is 0. The number of hydrogen-bond acceptors (Lipinski definition) is 0. The molecule has 0 radical (unpaired) electrons. The van der Waals surface area contributed by atoms with E-state index < -0.39 is 0 Å². The Morgan fingerprint density at radius 3 is 0.286 bits per heavy atom. The van der Waals surface area contributed by atoms with E-state index in [1.54, 1.807) is 0 Å². The van der Waals surface area contributed by atoms with E-state index in [0.29, 0.717) is 0 Å². The van der Waals surface area contributed by atoms with E-state index in [9.17, 15) is 0 Å². The molecule has 0 aromatic rings. The quantitative estimate of drug-likeness (QED) is 0.389. The molecule has 0 atom stereocenters. The van der Waals surface area contributed by atoms with Crippen LogP contribution in [0.2, 0.25) is 0 Å². The molecule has 0 saturated heterocycles. The third-order valence-corrected chi connectivity index (χ3v) is 0. The van der Waals surface area contributed by atoms with E-state index in [1.807, 2.05) is 0 Å². The van der Waals surface area contributed by atoms with Crippen LogP contribution in [0.1, 0.15) is 0 Å². The van der Waals surface area contributed by atoms with Crippen molar-refractivity contribution < 1.29 is 94.9 Å². The number of hydrogen-bond donors (Lipinski definition) is 0. The average molecular weight is 319 g/mol. The van der Waals surface area contributed by atoms with Crippen LogP contribution >= 0.6 is 0 Å². The Morgan fingerprint density at radius 1 is 0.286 bits per heavy atom. The van der Waals surface area contributed by atoms with Crippen molar-refractivity contribution >= 4 is 0 Å². The van der Waals surface area contributed by atoms with Gasteiger partial charge in [0, 0.05) is 20.4 Å². The van der Waals surface area contributed by atoms with Crippen molar-refractivity contribution in [2.24, 2.45) is 0 Å². The minimum Gasteiger partial charge on any atom is -1.00 e. The molecule has 0 heterocycles. The van der Waals surface area contributed by atoms with Gasteiger partial charge in [0.05, 0.1) is 0 Å². The zero-order valence-corrected chi connectivity index (χ0v) is 8.67. The number of halogens is 6. The topological polar surface area (TPSA) is 0 Å². The first-order valence-corrected chi connectivity index (χ1v) is 0. The molecule has 0 aromatic carbocycles. The van der Waals surface area contributed by atoms with Crippen LogP contribution in [0.3, 0.4) is 0 Å². The molecular formula is Cl6Pd-6. The molecule has 0 unspecified atom stereocenters. The van der Waals surface area contributed by atoms with Crippen LogP contribution in [-0.4, -0.2) is 0 Å². The monoisotopic (exact) mass is 316 g/mol. The summed E-state index contributed by atoms with van der Waals surface area (Å²) in [5.74, 6) is 0. The second-order valence-corrected chi connectivity index (χ2v) is 0. The van der Waals surface area contributed by atoms with Gasteiger partial charge in [-0.25, -0.2) is 0 Å². The first-order valence-electron chi connectivity index (χ1n) is 0. The average Bonchev–Trinajstić information content (AvgIpc) is 0. The Morgan fingerprint density at radius 2 is 0.286 bits per heavy atom. The van der Waals surface area contributed by atoms with Gasteiger partial charge in [0.2, 0.25) is 0 Å². The summed E-state index contributed by atoms with van der Waals surface area (Å²) < 4.78 is 0. The van der Waals surface area contributed by atoms with Gasteiger partial charge in [0.1, 0.15) is 0 Å². The SMILES string of the molecule is [Cl-].[Cl-].[Cl-].[Cl-].[Cl-].[Cl-].[Pd]. The summed E-state index contributed by atoms with van der Waals surface area (Å²) in [5.41, 5.74) is 0. The summed E-state index contributed by atoms with van der Waals surface area (Å²) in [4.78, 5) is 0. The Hall–Kier alpha value is 2.40. The predicted molar refractivity (Wildman–Crippen MR) is 0 cm³/mol. The fourth-order valence-electron chi connectivity index (χ4n) is 0. The van der Waals surface area contributed by atoms with Crippen molar-refractivity contribution in [3.63, 3.8) is 0 Å². The minimum atomic E-state index is 0. The largest absolute Gasteiger partial charge is 1.00 e. The van der Waals surface area contributed by atoms with E-state index in [2.05, 4.69) is 0 Å². The Bertz CT molecular complexity index is 4.14. The van der Waals surface area contributed by atoms with Crippen LogP contribution in [0.4, 0.5) is 0 Å². The minimum absolute atomic E-state index is 0. The molecule has 0 aliphatic rings. The zero-order chi connectivity index (χ0) is 0. The van der Waals surface area contributed by atoms with Gasteiger partial charge in [-0.15, -0.1) is 0 Å². The Kier molecular flexibility index (Phi) is 1310. The van der Waals surface area contributed by atoms with Crippen molar-refractivity contribution in [2.75, 3.05) is 0 Å². The maximum Gasteiger partial charge on any atom is 0 e. The molecule has 0 nitrogen and oxygen atoms in total. The van der Waals surface area contributed by atoms with Crippen LogP contribution in [0.15, 0.2) is 0 Å². The van der Waals surface area contributed by atoms with Crippen molar-refractivity contribution in [1.29, 1.82) is 0 Å². The normalized spacial score (nSPS) is 0. The van der Waals surface area contributed by atoms with Crippen molar-refractivity contribution in [3.8, 4) is 0 Å². The van der Waals surface area contributed by atoms with E-state index >= 15 is 0 Å². The molecule has 0 aliphatic carbocycles. The summed E-state index contributed by atoms with van der Waals surface area (Å²) in [6, 6.07) is 0. The fraction of sp³-hybridized carbons (Fsp3) is 0. The maximum atomic E-state index is 0. The van der Waals surface area contributed by atoms with Crippen LogP contribution in [0.5, 0.6) is 0 Å². The van der Waals surface area contributed by atoms with Gasteiger partial charge in [-0.2, -0.15) is 0 Å². The second kappa shape index (κ2) is 79.8.